The third-order valence-corrected chi connectivity index (χ3v) is 4.00. The first-order valence-corrected chi connectivity index (χ1v) is 7.63. The molecule has 1 unspecified atom stereocenters. The number of amides is 1. The van der Waals surface area contributed by atoms with Gasteiger partial charge in [-0.2, -0.15) is 0 Å². The van der Waals surface area contributed by atoms with Gasteiger partial charge in [-0.25, -0.2) is 0 Å². The minimum atomic E-state index is -0.258. The maximum absolute atomic E-state index is 11.7. The van der Waals surface area contributed by atoms with Gasteiger partial charge in [0.1, 0.15) is 0 Å². The number of thioether (sulfide) groups is 1. The van der Waals surface area contributed by atoms with Gasteiger partial charge < -0.3 is 10.1 Å². The summed E-state index contributed by atoms with van der Waals surface area (Å²) in [5.41, 5.74) is 0.996. The highest BCUT2D eigenvalue weighted by atomic mass is 35.5. The van der Waals surface area contributed by atoms with E-state index in [2.05, 4.69) is 10.1 Å². The van der Waals surface area contributed by atoms with E-state index in [0.717, 1.165) is 5.56 Å². The van der Waals surface area contributed by atoms with Gasteiger partial charge in [-0.3, -0.25) is 9.59 Å². The van der Waals surface area contributed by atoms with Crippen LogP contribution in [-0.4, -0.2) is 30.0 Å². The van der Waals surface area contributed by atoms with Crippen molar-refractivity contribution in [3.63, 3.8) is 0 Å². The van der Waals surface area contributed by atoms with E-state index in [4.69, 9.17) is 11.6 Å². The van der Waals surface area contributed by atoms with Crippen LogP contribution in [0.15, 0.2) is 24.3 Å². The SMILES string of the molecule is COC(=O)CC(C)SCC(=O)NCc1ccc(Cl)cc1. The second kappa shape index (κ2) is 8.87. The second-order valence-electron chi connectivity index (χ2n) is 4.31. The van der Waals surface area contributed by atoms with Crippen LogP contribution in [0.4, 0.5) is 0 Å². The Hall–Kier alpha value is -1.20. The van der Waals surface area contributed by atoms with Crippen molar-refractivity contribution >= 4 is 35.2 Å². The number of carbonyl (C=O) groups is 2. The normalized spacial score (nSPS) is 11.8. The van der Waals surface area contributed by atoms with Crippen molar-refractivity contribution in [3.05, 3.63) is 34.9 Å². The van der Waals surface area contributed by atoms with Crippen LogP contribution in [0.2, 0.25) is 5.02 Å². The summed E-state index contributed by atoms with van der Waals surface area (Å²) in [5, 5.41) is 3.55. The molecule has 1 atom stereocenters. The molecule has 0 fully saturated rings. The fraction of sp³-hybridized carbons (Fsp3) is 0.429. The summed E-state index contributed by atoms with van der Waals surface area (Å²) in [7, 11) is 1.36. The number of esters is 1. The van der Waals surface area contributed by atoms with Crippen molar-refractivity contribution < 1.29 is 14.3 Å². The highest BCUT2D eigenvalue weighted by Crippen LogP contribution is 2.14. The summed E-state index contributed by atoms with van der Waals surface area (Å²) < 4.78 is 4.58. The molecule has 1 amide bonds. The Morgan fingerprint density at radius 3 is 2.60 bits per heavy atom. The molecule has 0 aliphatic carbocycles. The highest BCUT2D eigenvalue weighted by Gasteiger charge is 2.11. The van der Waals surface area contributed by atoms with Crippen LogP contribution in [0.1, 0.15) is 18.9 Å². The average molecular weight is 316 g/mol. The van der Waals surface area contributed by atoms with Crippen molar-refractivity contribution in [3.8, 4) is 0 Å². The van der Waals surface area contributed by atoms with Crippen molar-refractivity contribution in [2.75, 3.05) is 12.9 Å². The van der Waals surface area contributed by atoms with Gasteiger partial charge in [-0.1, -0.05) is 30.7 Å². The van der Waals surface area contributed by atoms with Gasteiger partial charge in [-0.05, 0) is 17.7 Å². The van der Waals surface area contributed by atoms with E-state index in [0.29, 0.717) is 23.7 Å². The van der Waals surface area contributed by atoms with Crippen LogP contribution >= 0.6 is 23.4 Å². The van der Waals surface area contributed by atoms with Crippen LogP contribution in [0.3, 0.4) is 0 Å². The van der Waals surface area contributed by atoms with Gasteiger partial charge in [-0.15, -0.1) is 11.8 Å². The molecule has 0 saturated heterocycles. The molecule has 1 aromatic rings. The molecule has 0 bridgehead atoms. The number of nitrogens with one attached hydrogen (secondary N) is 1. The molecule has 0 aliphatic rings. The third-order valence-electron chi connectivity index (χ3n) is 2.58. The lowest BCUT2D eigenvalue weighted by molar-refractivity contribution is -0.140. The molecule has 0 saturated carbocycles. The first kappa shape index (κ1) is 16.9. The van der Waals surface area contributed by atoms with Crippen molar-refractivity contribution in [2.24, 2.45) is 0 Å². The predicted octanol–water partition coefficient (Wildman–Crippen LogP) is 2.64. The van der Waals surface area contributed by atoms with E-state index in [9.17, 15) is 9.59 Å². The molecule has 20 heavy (non-hydrogen) atoms. The summed E-state index contributed by atoms with van der Waals surface area (Å²) in [6.45, 7) is 2.37. The number of carbonyl (C=O) groups excluding carboxylic acids is 2. The predicted molar refractivity (Wildman–Crippen MR) is 81.9 cm³/mol. The van der Waals surface area contributed by atoms with Crippen molar-refractivity contribution in [1.82, 2.24) is 5.32 Å². The van der Waals surface area contributed by atoms with Crippen LogP contribution in [-0.2, 0) is 20.9 Å². The number of benzene rings is 1. The number of halogens is 1. The van der Waals surface area contributed by atoms with Crippen molar-refractivity contribution in [1.29, 1.82) is 0 Å². The summed E-state index contributed by atoms with van der Waals surface area (Å²) in [4.78, 5) is 22.7. The Morgan fingerprint density at radius 2 is 2.00 bits per heavy atom. The lowest BCUT2D eigenvalue weighted by atomic mass is 10.2. The Labute approximate surface area is 128 Å². The smallest absolute Gasteiger partial charge is 0.306 e. The first-order valence-electron chi connectivity index (χ1n) is 6.21. The van der Waals surface area contributed by atoms with Gasteiger partial charge in [0.05, 0.1) is 19.3 Å². The Morgan fingerprint density at radius 1 is 1.35 bits per heavy atom. The van der Waals surface area contributed by atoms with E-state index in [1.807, 2.05) is 19.1 Å². The average Bonchev–Trinajstić information content (AvgIpc) is 2.44. The quantitative estimate of drug-likeness (QED) is 0.786. The van der Waals surface area contributed by atoms with Crippen LogP contribution in [0.25, 0.3) is 0 Å². The molecule has 1 rings (SSSR count). The molecule has 0 spiro atoms. The van der Waals surface area contributed by atoms with Gasteiger partial charge in [0.2, 0.25) is 5.91 Å². The fourth-order valence-corrected chi connectivity index (χ4v) is 2.37. The molecule has 4 nitrogen and oxygen atoms in total. The minimum Gasteiger partial charge on any atom is -0.469 e. The number of rotatable bonds is 7. The zero-order chi connectivity index (χ0) is 15.0. The molecular weight excluding hydrogens is 298 g/mol. The summed E-state index contributed by atoms with van der Waals surface area (Å²) in [6, 6.07) is 7.32. The van der Waals surface area contributed by atoms with E-state index in [-0.39, 0.29) is 17.1 Å². The van der Waals surface area contributed by atoms with Gasteiger partial charge in [0, 0.05) is 16.8 Å². The maximum Gasteiger partial charge on any atom is 0.306 e. The lowest BCUT2D eigenvalue weighted by Crippen LogP contribution is -2.25. The monoisotopic (exact) mass is 315 g/mol. The van der Waals surface area contributed by atoms with Crippen LogP contribution < -0.4 is 5.32 Å². The summed E-state index contributed by atoms with van der Waals surface area (Å²) in [6.07, 6.45) is 0.311. The first-order chi connectivity index (χ1) is 9.51. The molecule has 0 aliphatic heterocycles. The molecule has 110 valence electrons. The molecular formula is C14H18ClNO3S. The fourth-order valence-electron chi connectivity index (χ4n) is 1.45. The Kier molecular flexibility index (Phi) is 7.47. The topological polar surface area (TPSA) is 55.4 Å². The largest absolute Gasteiger partial charge is 0.469 e. The highest BCUT2D eigenvalue weighted by molar-refractivity contribution is 8.00. The van der Waals surface area contributed by atoms with E-state index in [1.165, 1.54) is 18.9 Å². The lowest BCUT2D eigenvalue weighted by Gasteiger charge is -2.10. The minimum absolute atomic E-state index is 0.0540. The van der Waals surface area contributed by atoms with E-state index in [1.54, 1.807) is 12.1 Å². The molecule has 1 aromatic carbocycles. The number of ether oxygens (including phenoxy) is 1. The number of hydrogen-bond donors (Lipinski definition) is 1. The molecule has 6 heteroatoms. The Bertz CT molecular complexity index is 450. The third kappa shape index (κ3) is 6.82. The van der Waals surface area contributed by atoms with Gasteiger partial charge >= 0.3 is 5.97 Å². The zero-order valence-electron chi connectivity index (χ0n) is 11.5. The van der Waals surface area contributed by atoms with E-state index >= 15 is 0 Å². The molecule has 0 heterocycles. The summed E-state index contributed by atoms with van der Waals surface area (Å²) in [5.74, 6) is 0.0133. The molecule has 1 N–H and O–H groups in total. The van der Waals surface area contributed by atoms with Gasteiger partial charge in [0.15, 0.2) is 0 Å². The molecule has 0 aromatic heterocycles. The number of hydrogen-bond acceptors (Lipinski definition) is 4. The Balaban J connectivity index is 2.23. The molecule has 0 radical (unpaired) electrons. The van der Waals surface area contributed by atoms with Crippen LogP contribution in [0.5, 0.6) is 0 Å². The second-order valence-corrected chi connectivity index (χ2v) is 6.17. The van der Waals surface area contributed by atoms with Crippen LogP contribution in [0, 0.1) is 0 Å². The summed E-state index contributed by atoms with van der Waals surface area (Å²) >= 11 is 7.22. The maximum atomic E-state index is 11.7. The van der Waals surface area contributed by atoms with E-state index < -0.39 is 0 Å². The van der Waals surface area contributed by atoms with Crippen molar-refractivity contribution in [2.45, 2.75) is 25.1 Å². The number of methoxy groups -OCH3 is 1. The zero-order valence-corrected chi connectivity index (χ0v) is 13.1. The standard InChI is InChI=1S/C14H18ClNO3S/c1-10(7-14(18)19-2)20-9-13(17)16-8-11-3-5-12(15)6-4-11/h3-6,10H,7-9H2,1-2H3,(H,16,17). The van der Waals surface area contributed by atoms with Gasteiger partial charge in [0.25, 0.3) is 0 Å².